The highest BCUT2D eigenvalue weighted by molar-refractivity contribution is 8.76. The molecule has 40 atom stereocenters. The molecule has 0 aliphatic carbocycles. The summed E-state index contributed by atoms with van der Waals surface area (Å²) in [4.78, 5) is 94.2. The van der Waals surface area contributed by atoms with E-state index in [4.69, 9.17) is 75.8 Å². The molecule has 30 aliphatic rings. The van der Waals surface area contributed by atoms with Crippen LogP contribution in [0, 0.1) is 0 Å². The molecule has 0 radical (unpaired) electrons. The van der Waals surface area contributed by atoms with Crippen LogP contribution in [0.5, 0.6) is 0 Å². The van der Waals surface area contributed by atoms with Gasteiger partial charge in [0.2, 0.25) is 0 Å². The highest BCUT2D eigenvalue weighted by Gasteiger charge is 2.61. The van der Waals surface area contributed by atoms with Gasteiger partial charge in [-0.3, -0.25) is 38.4 Å². The molecule has 0 spiro atoms. The first-order chi connectivity index (χ1) is 61.2. The molecule has 30 aliphatic heterocycles. The zero-order valence-electron chi connectivity index (χ0n) is 68.3. The van der Waals surface area contributed by atoms with Crippen molar-refractivity contribution < 1.29 is 237 Å². The van der Waals surface area contributed by atoms with Crippen LogP contribution < -0.4 is 0 Å². The highest BCUT2D eigenvalue weighted by Crippen LogP contribution is 2.43. The molecule has 0 aromatic heterocycles. The Morgan fingerprint density at radius 2 is 0.287 bits per heavy atom. The fourth-order valence-corrected chi connectivity index (χ4v) is 23.7. The van der Waals surface area contributed by atoms with Gasteiger partial charge < -0.3 is 198 Å². The third-order valence-electron chi connectivity index (χ3n) is 21.4. The van der Waals surface area contributed by atoms with Gasteiger partial charge in [-0.15, -0.1) is 0 Å². The summed E-state index contributed by atoms with van der Waals surface area (Å²) < 4.78 is 100. The van der Waals surface area contributed by atoms with Gasteiger partial charge in [0.25, 0.3) is 0 Å². The molecule has 24 N–H and O–H groups in total. The van der Waals surface area contributed by atoms with E-state index in [1.165, 1.54) is 0 Å². The molecule has 0 unspecified atom stereocenters. The van der Waals surface area contributed by atoms with Crippen LogP contribution in [0.1, 0.15) is 51.4 Å². The lowest BCUT2D eigenvalue weighted by atomic mass is 9.95. The second-order valence-electron chi connectivity index (χ2n) is 30.8. The van der Waals surface area contributed by atoms with E-state index in [0.29, 0.717) is 0 Å². The van der Waals surface area contributed by atoms with Gasteiger partial charge in [0.05, 0.1) is 100 Å². The van der Waals surface area contributed by atoms with Crippen molar-refractivity contribution in [1.29, 1.82) is 0 Å². The number of carboxylic acid groups (broad SMARTS) is 8. The van der Waals surface area contributed by atoms with Crippen LogP contribution in [0.2, 0.25) is 0 Å². The summed E-state index contributed by atoms with van der Waals surface area (Å²) in [6.45, 7) is 0. The van der Waals surface area contributed by atoms with Crippen LogP contribution in [-0.2, 0) is 114 Å². The lowest BCUT2D eigenvalue weighted by Gasteiger charge is -2.51. The summed E-state index contributed by atoms with van der Waals surface area (Å²) in [5.74, 6) is -14.1. The van der Waals surface area contributed by atoms with Crippen LogP contribution in [0.25, 0.3) is 0 Å². The van der Waals surface area contributed by atoms with E-state index in [0.717, 1.165) is 104 Å². The first-order valence-corrected chi connectivity index (χ1v) is 51.2. The van der Waals surface area contributed by atoms with Gasteiger partial charge in [-0.2, -0.15) is 82.3 Å². The minimum atomic E-state index is -2.33. The van der Waals surface area contributed by atoms with Crippen LogP contribution in [0.15, 0.2) is 0 Å². The smallest absolute Gasteiger partial charge is 0.304 e. The Hall–Kier alpha value is -2.37. The molecular formula is C72H112O48S9. The van der Waals surface area contributed by atoms with Gasteiger partial charge in [0.1, 0.15) is 146 Å². The van der Waals surface area contributed by atoms with E-state index in [-0.39, 0.29) is 98.5 Å². The molecule has 16 bridgehead atoms. The maximum Gasteiger partial charge on any atom is 0.304 e. The fourth-order valence-electron chi connectivity index (χ4n) is 14.6. The zero-order chi connectivity index (χ0) is 94.4. The summed E-state index contributed by atoms with van der Waals surface area (Å²) in [6, 6.07) is 0. The largest absolute Gasteiger partial charge is 0.481 e. The van der Waals surface area contributed by atoms with E-state index < -0.39 is 338 Å². The summed E-state index contributed by atoms with van der Waals surface area (Å²) in [5, 5.41) is 272. The second-order valence-corrected chi connectivity index (χ2v) is 41.5. The van der Waals surface area contributed by atoms with Crippen LogP contribution >= 0.6 is 104 Å². The normalized spacial score (nSPS) is 41.3. The Bertz CT molecular complexity index is 3340. The van der Waals surface area contributed by atoms with Crippen LogP contribution in [0.3, 0.4) is 0 Å². The van der Waals surface area contributed by atoms with Crippen LogP contribution in [0.4, 0.5) is 0 Å². The van der Waals surface area contributed by atoms with Crippen molar-refractivity contribution in [3.8, 4) is 0 Å². The van der Waals surface area contributed by atoms with Gasteiger partial charge in [0.15, 0.2) is 50.3 Å². The van der Waals surface area contributed by atoms with Crippen molar-refractivity contribution in [3.63, 3.8) is 0 Å². The third kappa shape index (κ3) is 31.6. The van der Waals surface area contributed by atoms with Gasteiger partial charge in [0, 0.05) is 92.0 Å². The Morgan fingerprint density at radius 3 is 0.419 bits per heavy atom. The first-order valence-electron chi connectivity index (χ1n) is 40.6. The predicted molar refractivity (Wildman–Crippen MR) is 449 cm³/mol. The monoisotopic (exact) mass is 2030 g/mol. The SMILES string of the molecule is O=C(O)CCSC[C@H]1O[C@@H]2O[C@H]3[C@H](O)[C@@H](O)[C@@H](O[C@H]4[C@H](O)[C@@H](O)[C@@H](O[C@H]5[C@H](O)[C@@H](O)[C@@H](O[C@H]6[C@H](O)[C@@H](O)[C@@H](O[C@H]7[C@H](O)[C@@H](O)[C@@H](O[C@H]8[C@H](O)[C@@H](O)[C@@H](O[C@H]9[C@H](O)[C@@H](O)[C@@H](O[C@H]1[C@H](O)[C@H]2O)O[C@@H]9CSCCC(=O)O)O[C@@H]8CSCCC(=O)O)O[C@@H]7CSCCC(=O)O)O[C@@H]6CSSCCC(=O)O)O[C@@H]5CSCCC(=O)O)O[C@@H]4CSCCC(=O)O)O[C@@H]3CSCCC(=O)O. The topological polar surface area (TPSA) is 770 Å². The number of rotatable bonds is 41. The van der Waals surface area contributed by atoms with Gasteiger partial charge in [-0.05, 0) is 0 Å². The maximum atomic E-state index is 12.3. The molecule has 742 valence electrons. The predicted octanol–water partition coefficient (Wildman–Crippen LogP) is -7.03. The number of carbonyl (C=O) groups is 8. The Kier molecular flexibility index (Phi) is 45.9. The first kappa shape index (κ1) is 110. The number of aliphatic carboxylic acids is 8. The van der Waals surface area contributed by atoms with Gasteiger partial charge >= 0.3 is 47.8 Å². The number of thioether (sulfide) groups is 7. The average molecular weight is 2030 g/mol. The fraction of sp³-hybridized carbons (Fsp3) is 0.889. The number of carboxylic acids is 8. The molecule has 30 heterocycles. The van der Waals surface area contributed by atoms with Gasteiger partial charge in [-0.25, -0.2) is 0 Å². The van der Waals surface area contributed by atoms with E-state index in [9.17, 15) is 161 Å². The number of aliphatic hydroxyl groups is 16. The standard InChI is InChI=1S/C72H112O48S9/c73-33(74)1-9-121-17-25-57-41(89)49(97)65(105-25)114-58-26(18-122-10-2-34(75)76)107-67(51(99)43(58)91)116-60-28(20-124-12-4-36(79)80)109-69(53(101)45(60)93)118-62-30(22-126-14-6-38(83)84)111-71(55(103)47(62)95)120-64-32(24-129-128-16-8-40(87)88)112-72(56(104)48(64)96)119-63-31(23-127-15-7-39(85)86)110-70(54(102)46(63)94)117-61-29(21-125-13-5-37(81)82)108-68(52(100)44(61)92)115-59-27(19-123-11-3-35(77)78)106-66(113-57)50(98)42(59)90/h25-32,41-72,89-104H,1-24H2,(H,73,74)(H,75,76)(H,77,78)(H,79,80)(H,81,82)(H,83,84)(H,85,86)(H,87,88)/t25-,26-,27-,28-,29-,30-,31-,32-,41-,42-,43-,44-,45-,46-,47-,48-,49-,50-,51-,52-,53-,54-,55-,56-,57-,58-,59-,60-,61-,62-,63-,64-,65-,66-,67-,68-,69-,70-,71-,72-/m1/s1. The zero-order valence-corrected chi connectivity index (χ0v) is 75.6. The Morgan fingerprint density at radius 1 is 0.163 bits per heavy atom. The highest BCUT2D eigenvalue weighted by atomic mass is 33.1. The molecule has 30 saturated heterocycles. The van der Waals surface area contributed by atoms with Crippen molar-refractivity contribution in [2.75, 3.05) is 92.0 Å². The summed E-state index contributed by atoms with van der Waals surface area (Å²) in [5.41, 5.74) is 0. The quantitative estimate of drug-likeness (QED) is 0.0200. The van der Waals surface area contributed by atoms with Crippen molar-refractivity contribution in [2.45, 2.75) is 297 Å². The van der Waals surface area contributed by atoms with E-state index in [1.54, 1.807) is 0 Å². The minimum absolute atomic E-state index is 0.0372. The van der Waals surface area contributed by atoms with E-state index in [1.807, 2.05) is 0 Å². The van der Waals surface area contributed by atoms with Gasteiger partial charge in [-0.1, -0.05) is 21.6 Å². The summed E-state index contributed by atoms with van der Waals surface area (Å²) in [7, 11) is 1.90. The summed E-state index contributed by atoms with van der Waals surface area (Å²) in [6.07, 6.45) is -85.7. The molecular weight excluding hydrogens is 1920 g/mol. The van der Waals surface area contributed by atoms with Crippen molar-refractivity contribution >= 4 is 152 Å². The number of hydrogen-bond donors (Lipinski definition) is 24. The maximum absolute atomic E-state index is 12.3. The van der Waals surface area contributed by atoms with E-state index >= 15 is 0 Å². The molecule has 57 heteroatoms. The number of aliphatic hydroxyl groups excluding tert-OH is 16. The Balaban J connectivity index is 1.12. The molecule has 0 saturated carbocycles. The van der Waals surface area contributed by atoms with Crippen molar-refractivity contribution in [2.24, 2.45) is 0 Å². The molecule has 0 aromatic rings. The molecule has 129 heavy (non-hydrogen) atoms. The average Bonchev–Trinajstić information content (AvgIpc) is 0.767. The van der Waals surface area contributed by atoms with E-state index in [2.05, 4.69) is 0 Å². The van der Waals surface area contributed by atoms with Crippen molar-refractivity contribution in [3.05, 3.63) is 0 Å². The lowest BCUT2D eigenvalue weighted by Crippen LogP contribution is -2.69. The summed E-state index contributed by atoms with van der Waals surface area (Å²) >= 11 is 6.17. The Labute approximate surface area is 772 Å². The molecule has 30 rings (SSSR count). The second kappa shape index (κ2) is 53.7. The molecule has 30 fully saturated rings. The number of hydrogen-bond acceptors (Lipinski definition) is 49. The van der Waals surface area contributed by atoms with Crippen molar-refractivity contribution in [1.82, 2.24) is 0 Å². The minimum Gasteiger partial charge on any atom is -0.481 e. The molecule has 48 nitrogen and oxygen atoms in total. The number of ether oxygens (including phenoxy) is 16. The molecule has 0 amide bonds. The molecule has 0 aromatic carbocycles. The van der Waals surface area contributed by atoms with Crippen LogP contribution in [-0.4, -0.2) is 508 Å². The lowest BCUT2D eigenvalue weighted by molar-refractivity contribution is -0.396. The third-order valence-corrected chi connectivity index (χ3v) is 31.2.